The molecule has 1 aliphatic heterocycles. The lowest BCUT2D eigenvalue weighted by Gasteiger charge is -2.41. The van der Waals surface area contributed by atoms with E-state index < -0.39 is 0 Å². The summed E-state index contributed by atoms with van der Waals surface area (Å²) in [6, 6.07) is 17.0. The van der Waals surface area contributed by atoms with E-state index in [-0.39, 0.29) is 11.9 Å². The maximum atomic E-state index is 12.4. The van der Waals surface area contributed by atoms with Gasteiger partial charge < -0.3 is 19.5 Å². The van der Waals surface area contributed by atoms with Crippen molar-refractivity contribution in [2.75, 3.05) is 24.6 Å². The van der Waals surface area contributed by atoms with Gasteiger partial charge in [-0.1, -0.05) is 29.4 Å². The van der Waals surface area contributed by atoms with Crippen LogP contribution < -0.4 is 15.0 Å². The van der Waals surface area contributed by atoms with Gasteiger partial charge in [-0.25, -0.2) is 0 Å². The topological polar surface area (TPSA) is 67.6 Å². The molecule has 1 atom stereocenters. The first-order valence-electron chi connectivity index (χ1n) is 11.4. The lowest BCUT2D eigenvalue weighted by Crippen LogP contribution is -2.45. The average Bonchev–Trinajstić information content (AvgIpc) is 3.50. The fourth-order valence-electron chi connectivity index (χ4n) is 4.08. The Kier molecular flexibility index (Phi) is 5.60. The number of carbonyl (C=O) groups excluding carboxylic acids is 1. The summed E-state index contributed by atoms with van der Waals surface area (Å²) in [6.07, 6.45) is 4.08. The Morgan fingerprint density at radius 1 is 1.16 bits per heavy atom. The third-order valence-corrected chi connectivity index (χ3v) is 6.52. The van der Waals surface area contributed by atoms with Crippen molar-refractivity contribution < 1.29 is 14.1 Å². The van der Waals surface area contributed by atoms with Gasteiger partial charge in [-0.2, -0.15) is 0 Å². The lowest BCUT2D eigenvalue weighted by atomic mass is 9.90. The number of nitrogens with zero attached hydrogens (tertiary/aromatic N) is 2. The zero-order chi connectivity index (χ0) is 22.1. The van der Waals surface area contributed by atoms with Crippen LogP contribution in [0.15, 0.2) is 59.3 Å². The number of amides is 1. The van der Waals surface area contributed by atoms with Gasteiger partial charge in [0.2, 0.25) is 0 Å². The Bertz CT molecular complexity index is 1060. The average molecular weight is 432 g/mol. The molecule has 0 spiro atoms. The molecule has 3 aromatic rings. The minimum atomic E-state index is -0.168. The van der Waals surface area contributed by atoms with Gasteiger partial charge in [-0.3, -0.25) is 4.79 Å². The van der Waals surface area contributed by atoms with E-state index in [2.05, 4.69) is 63.9 Å². The van der Waals surface area contributed by atoms with Crippen LogP contribution in [-0.2, 0) is 0 Å². The van der Waals surface area contributed by atoms with E-state index in [1.807, 2.05) is 6.92 Å². The second kappa shape index (κ2) is 8.69. The summed E-state index contributed by atoms with van der Waals surface area (Å²) in [4.78, 5) is 14.8. The van der Waals surface area contributed by atoms with Crippen LogP contribution in [-0.4, -0.2) is 30.8 Å². The minimum absolute atomic E-state index is 0.0932. The lowest BCUT2D eigenvalue weighted by molar-refractivity contribution is 0.0938. The molecule has 1 aliphatic carbocycles. The van der Waals surface area contributed by atoms with Crippen LogP contribution in [0.1, 0.15) is 59.0 Å². The highest BCUT2D eigenvalue weighted by Gasteiger charge is 2.28. The molecule has 5 rings (SSSR count). The largest absolute Gasteiger partial charge is 0.493 e. The van der Waals surface area contributed by atoms with Crippen LogP contribution in [0, 0.1) is 12.8 Å². The summed E-state index contributed by atoms with van der Waals surface area (Å²) in [5, 5.41) is 6.68. The molecular formula is C26H29N3O3. The van der Waals surface area contributed by atoms with E-state index in [9.17, 15) is 4.79 Å². The predicted molar refractivity (Wildman–Crippen MR) is 123 cm³/mol. The van der Waals surface area contributed by atoms with E-state index in [4.69, 9.17) is 9.26 Å². The quantitative estimate of drug-likeness (QED) is 0.551. The number of nitrogens with one attached hydrogen (secondary N) is 1. The zero-order valence-corrected chi connectivity index (χ0v) is 18.6. The second-order valence-electron chi connectivity index (χ2n) is 9.01. The molecule has 32 heavy (non-hydrogen) atoms. The molecule has 1 saturated heterocycles. The molecule has 2 aliphatic rings. The van der Waals surface area contributed by atoms with Gasteiger partial charge in [-0.15, -0.1) is 0 Å². The maximum Gasteiger partial charge on any atom is 0.256 e. The summed E-state index contributed by atoms with van der Waals surface area (Å²) < 4.78 is 10.8. The van der Waals surface area contributed by atoms with E-state index in [1.54, 1.807) is 6.92 Å². The smallest absolute Gasteiger partial charge is 0.256 e. The van der Waals surface area contributed by atoms with Crippen LogP contribution in [0.25, 0.3) is 0 Å². The molecule has 1 N–H and O–H groups in total. The molecule has 1 aromatic heterocycles. The van der Waals surface area contributed by atoms with Crippen LogP contribution in [0.5, 0.6) is 5.75 Å². The Balaban J connectivity index is 1.12. The molecule has 166 valence electrons. The first kappa shape index (κ1) is 20.6. The number of carbonyl (C=O) groups is 1. The molecule has 1 saturated carbocycles. The summed E-state index contributed by atoms with van der Waals surface area (Å²) in [5.74, 6) is 2.63. The van der Waals surface area contributed by atoms with Crippen molar-refractivity contribution >= 4 is 11.6 Å². The van der Waals surface area contributed by atoms with E-state index in [0.29, 0.717) is 17.2 Å². The van der Waals surface area contributed by atoms with Gasteiger partial charge in [0, 0.05) is 24.7 Å². The Labute approximate surface area is 188 Å². The van der Waals surface area contributed by atoms with Gasteiger partial charge in [0.15, 0.2) is 0 Å². The molecule has 6 nitrogen and oxygen atoms in total. The fourth-order valence-corrected chi connectivity index (χ4v) is 4.08. The molecule has 2 heterocycles. The fraction of sp³-hybridized carbons (Fsp3) is 0.385. The highest BCUT2D eigenvalue weighted by Crippen LogP contribution is 2.34. The van der Waals surface area contributed by atoms with Crippen molar-refractivity contribution in [2.24, 2.45) is 5.92 Å². The maximum absolute atomic E-state index is 12.4. The highest BCUT2D eigenvalue weighted by atomic mass is 16.5. The SMILES string of the molecule is Cc1oncc1C(=O)NC(C)c1ccc(C2CN(c3ccc(OCC4CC4)cc3)C2)cc1. The van der Waals surface area contributed by atoms with Gasteiger partial charge in [0.05, 0.1) is 18.8 Å². The molecule has 6 heteroatoms. The molecule has 2 aromatic carbocycles. The van der Waals surface area contributed by atoms with Gasteiger partial charge >= 0.3 is 0 Å². The normalized spacial score (nSPS) is 17.0. The summed E-state index contributed by atoms with van der Waals surface area (Å²) in [5.41, 5.74) is 4.14. The van der Waals surface area contributed by atoms with Crippen molar-refractivity contribution in [3.05, 3.63) is 77.2 Å². The predicted octanol–water partition coefficient (Wildman–Crippen LogP) is 4.87. The highest BCUT2D eigenvalue weighted by molar-refractivity contribution is 5.94. The van der Waals surface area contributed by atoms with Crippen molar-refractivity contribution in [3.63, 3.8) is 0 Å². The summed E-state index contributed by atoms with van der Waals surface area (Å²) >= 11 is 0. The molecule has 2 fully saturated rings. The zero-order valence-electron chi connectivity index (χ0n) is 18.6. The van der Waals surface area contributed by atoms with E-state index >= 15 is 0 Å². The van der Waals surface area contributed by atoms with Crippen LogP contribution in [0.2, 0.25) is 0 Å². The molecule has 0 bridgehead atoms. The number of ether oxygens (including phenoxy) is 1. The number of anilines is 1. The third kappa shape index (κ3) is 4.49. The van der Waals surface area contributed by atoms with Gasteiger partial charge in [0.1, 0.15) is 17.1 Å². The standard InChI is InChI=1S/C26H29N3O3/c1-17(28-26(30)25-13-27-32-18(25)2)20-5-7-21(8-6-20)22-14-29(15-22)23-9-11-24(12-10-23)31-16-19-3-4-19/h5-13,17,19,22H,3-4,14-16H2,1-2H3,(H,28,30). The Hall–Kier alpha value is -3.28. The van der Waals surface area contributed by atoms with E-state index in [0.717, 1.165) is 36.9 Å². The minimum Gasteiger partial charge on any atom is -0.493 e. The van der Waals surface area contributed by atoms with Crippen molar-refractivity contribution in [1.82, 2.24) is 10.5 Å². The molecule has 1 amide bonds. The van der Waals surface area contributed by atoms with Crippen molar-refractivity contribution in [2.45, 2.75) is 38.6 Å². The number of aromatic nitrogens is 1. The Morgan fingerprint density at radius 2 is 1.88 bits per heavy atom. The van der Waals surface area contributed by atoms with Gasteiger partial charge in [-0.05, 0) is 68.0 Å². The summed E-state index contributed by atoms with van der Waals surface area (Å²) in [6.45, 7) is 6.60. The van der Waals surface area contributed by atoms with Crippen LogP contribution in [0.3, 0.4) is 0 Å². The first-order valence-corrected chi connectivity index (χ1v) is 11.4. The second-order valence-corrected chi connectivity index (χ2v) is 9.01. The van der Waals surface area contributed by atoms with Crippen LogP contribution >= 0.6 is 0 Å². The van der Waals surface area contributed by atoms with Gasteiger partial charge in [0.25, 0.3) is 5.91 Å². The van der Waals surface area contributed by atoms with Crippen LogP contribution in [0.4, 0.5) is 5.69 Å². The molecule has 0 radical (unpaired) electrons. The number of hydrogen-bond acceptors (Lipinski definition) is 5. The number of aryl methyl sites for hydroxylation is 1. The van der Waals surface area contributed by atoms with E-state index in [1.165, 1.54) is 30.3 Å². The Morgan fingerprint density at radius 3 is 2.50 bits per heavy atom. The summed E-state index contributed by atoms with van der Waals surface area (Å²) in [7, 11) is 0. The monoisotopic (exact) mass is 431 g/mol. The number of benzene rings is 2. The number of hydrogen-bond donors (Lipinski definition) is 1. The first-order chi connectivity index (χ1) is 15.6. The van der Waals surface area contributed by atoms with Crippen molar-refractivity contribution in [3.8, 4) is 5.75 Å². The van der Waals surface area contributed by atoms with Crippen molar-refractivity contribution in [1.29, 1.82) is 0 Å². The molecule has 1 unspecified atom stereocenters. The third-order valence-electron chi connectivity index (χ3n) is 6.52. The molecular weight excluding hydrogens is 402 g/mol. The number of rotatable bonds is 8.